The lowest BCUT2D eigenvalue weighted by atomic mass is 9.95. The third-order valence-electron chi connectivity index (χ3n) is 4.58. The number of para-hydroxylation sites is 1. The molecule has 1 fully saturated rings. The first kappa shape index (κ1) is 12.5. The predicted molar refractivity (Wildman–Crippen MR) is 77.5 cm³/mol. The molecule has 0 aromatic heterocycles. The van der Waals surface area contributed by atoms with E-state index in [1.54, 1.807) is 0 Å². The molecular weight excluding hydrogens is 236 g/mol. The van der Waals surface area contributed by atoms with Crippen LogP contribution >= 0.6 is 0 Å². The molecule has 102 valence electrons. The number of amides is 2. The molecule has 0 aliphatic carbocycles. The molecule has 0 atom stereocenters. The van der Waals surface area contributed by atoms with Crippen molar-refractivity contribution in [3.8, 4) is 0 Å². The van der Waals surface area contributed by atoms with Gasteiger partial charge in [0.25, 0.3) is 0 Å². The lowest BCUT2D eigenvalue weighted by Gasteiger charge is -2.34. The van der Waals surface area contributed by atoms with Crippen LogP contribution in [0.1, 0.15) is 31.7 Å². The monoisotopic (exact) mass is 258 g/mol. The average molecular weight is 258 g/mol. The standard InChI is InChI=1S/C16H22N2O/c1-2-13-7-10-17(11-8-13)16(19)18-12-9-14-5-3-4-6-15(14)18/h3-6,13H,2,7-12H2,1H3. The fraction of sp³-hybridized carbons (Fsp3) is 0.562. The molecule has 19 heavy (non-hydrogen) atoms. The third kappa shape index (κ3) is 2.34. The summed E-state index contributed by atoms with van der Waals surface area (Å²) in [5, 5.41) is 0. The van der Waals surface area contributed by atoms with E-state index in [-0.39, 0.29) is 6.03 Å². The van der Waals surface area contributed by atoms with Crippen LogP contribution in [0.2, 0.25) is 0 Å². The van der Waals surface area contributed by atoms with Gasteiger partial charge in [0.2, 0.25) is 0 Å². The van der Waals surface area contributed by atoms with Crippen LogP contribution in [0.25, 0.3) is 0 Å². The highest BCUT2D eigenvalue weighted by molar-refractivity contribution is 5.94. The third-order valence-corrected chi connectivity index (χ3v) is 4.58. The first-order valence-corrected chi connectivity index (χ1v) is 7.44. The first-order valence-electron chi connectivity index (χ1n) is 7.44. The summed E-state index contributed by atoms with van der Waals surface area (Å²) in [5.41, 5.74) is 2.42. The van der Waals surface area contributed by atoms with Crippen LogP contribution in [0.4, 0.5) is 10.5 Å². The number of carbonyl (C=O) groups is 1. The summed E-state index contributed by atoms with van der Waals surface area (Å²) in [6.07, 6.45) is 4.57. The van der Waals surface area contributed by atoms with Crippen LogP contribution in [-0.2, 0) is 6.42 Å². The summed E-state index contributed by atoms with van der Waals surface area (Å²) in [6.45, 7) is 4.94. The number of nitrogens with zero attached hydrogens (tertiary/aromatic N) is 2. The number of hydrogen-bond donors (Lipinski definition) is 0. The second-order valence-electron chi connectivity index (χ2n) is 5.65. The van der Waals surface area contributed by atoms with Crippen molar-refractivity contribution >= 4 is 11.7 Å². The van der Waals surface area contributed by atoms with Gasteiger partial charge in [-0.1, -0.05) is 31.5 Å². The lowest BCUT2D eigenvalue weighted by Crippen LogP contribution is -2.46. The maximum absolute atomic E-state index is 12.6. The van der Waals surface area contributed by atoms with Crippen LogP contribution in [0.3, 0.4) is 0 Å². The molecule has 0 radical (unpaired) electrons. The van der Waals surface area contributed by atoms with Crippen LogP contribution in [-0.4, -0.2) is 30.6 Å². The molecule has 2 aliphatic heterocycles. The zero-order chi connectivity index (χ0) is 13.2. The number of rotatable bonds is 1. The van der Waals surface area contributed by atoms with Crippen LogP contribution in [0.5, 0.6) is 0 Å². The van der Waals surface area contributed by atoms with Gasteiger partial charge in [-0.2, -0.15) is 0 Å². The predicted octanol–water partition coefficient (Wildman–Crippen LogP) is 3.29. The molecule has 3 heteroatoms. The highest BCUT2D eigenvalue weighted by atomic mass is 16.2. The van der Waals surface area contributed by atoms with Gasteiger partial charge in [-0.15, -0.1) is 0 Å². The summed E-state index contributed by atoms with van der Waals surface area (Å²) in [5.74, 6) is 0.815. The molecule has 1 saturated heterocycles. The van der Waals surface area contributed by atoms with Crippen molar-refractivity contribution in [2.45, 2.75) is 32.6 Å². The normalized spacial score (nSPS) is 19.6. The Morgan fingerprint density at radius 2 is 1.95 bits per heavy atom. The van der Waals surface area contributed by atoms with Gasteiger partial charge in [-0.25, -0.2) is 4.79 Å². The number of fused-ring (bicyclic) bond motifs is 1. The summed E-state index contributed by atoms with van der Waals surface area (Å²) < 4.78 is 0. The maximum atomic E-state index is 12.6. The van der Waals surface area contributed by atoms with Crippen LogP contribution in [0, 0.1) is 5.92 Å². The van der Waals surface area contributed by atoms with E-state index in [4.69, 9.17) is 0 Å². The molecule has 1 aromatic carbocycles. The van der Waals surface area contributed by atoms with Crippen molar-refractivity contribution in [3.63, 3.8) is 0 Å². The Morgan fingerprint density at radius 1 is 1.21 bits per heavy atom. The molecule has 3 rings (SSSR count). The maximum Gasteiger partial charge on any atom is 0.324 e. The molecule has 0 N–H and O–H groups in total. The van der Waals surface area contributed by atoms with Gasteiger partial charge < -0.3 is 4.90 Å². The second kappa shape index (κ2) is 5.24. The van der Waals surface area contributed by atoms with Gasteiger partial charge in [0.05, 0.1) is 0 Å². The Labute approximate surface area is 115 Å². The van der Waals surface area contributed by atoms with Gasteiger partial charge in [0.1, 0.15) is 0 Å². The average Bonchev–Trinajstić information content (AvgIpc) is 2.90. The van der Waals surface area contributed by atoms with Crippen molar-refractivity contribution in [2.24, 2.45) is 5.92 Å². The summed E-state index contributed by atoms with van der Waals surface area (Å²) >= 11 is 0. The number of benzene rings is 1. The number of piperidine rings is 1. The highest BCUT2D eigenvalue weighted by Crippen LogP contribution is 2.29. The minimum absolute atomic E-state index is 0.208. The van der Waals surface area contributed by atoms with E-state index >= 15 is 0 Å². The molecular formula is C16H22N2O. The molecule has 2 amide bonds. The number of urea groups is 1. The number of carbonyl (C=O) groups excluding carboxylic acids is 1. The minimum atomic E-state index is 0.208. The largest absolute Gasteiger partial charge is 0.324 e. The smallest absolute Gasteiger partial charge is 0.324 e. The lowest BCUT2D eigenvalue weighted by molar-refractivity contribution is 0.175. The molecule has 2 heterocycles. The van der Waals surface area contributed by atoms with Crippen molar-refractivity contribution in [2.75, 3.05) is 24.5 Å². The van der Waals surface area contributed by atoms with Crippen molar-refractivity contribution in [1.82, 2.24) is 4.90 Å². The molecule has 3 nitrogen and oxygen atoms in total. The van der Waals surface area contributed by atoms with Gasteiger partial charge in [-0.3, -0.25) is 4.90 Å². The Bertz CT molecular complexity index is 464. The van der Waals surface area contributed by atoms with Gasteiger partial charge in [-0.05, 0) is 36.8 Å². The molecule has 1 aromatic rings. The number of hydrogen-bond acceptors (Lipinski definition) is 1. The Balaban J connectivity index is 1.69. The number of likely N-dealkylation sites (tertiary alicyclic amines) is 1. The molecule has 0 saturated carbocycles. The van der Waals surface area contributed by atoms with Gasteiger partial charge in [0, 0.05) is 25.3 Å². The summed E-state index contributed by atoms with van der Waals surface area (Å²) in [4.78, 5) is 16.6. The molecule has 2 aliphatic rings. The van der Waals surface area contributed by atoms with Crippen molar-refractivity contribution < 1.29 is 4.79 Å². The zero-order valence-electron chi connectivity index (χ0n) is 11.6. The Hall–Kier alpha value is -1.51. The Morgan fingerprint density at radius 3 is 2.68 bits per heavy atom. The summed E-state index contributed by atoms with van der Waals surface area (Å²) in [7, 11) is 0. The van der Waals surface area contributed by atoms with Crippen molar-refractivity contribution in [1.29, 1.82) is 0 Å². The molecule has 0 unspecified atom stereocenters. The van der Waals surface area contributed by atoms with E-state index in [0.29, 0.717) is 0 Å². The zero-order valence-corrected chi connectivity index (χ0v) is 11.6. The fourth-order valence-corrected chi connectivity index (χ4v) is 3.24. The van der Waals surface area contributed by atoms with E-state index in [1.807, 2.05) is 15.9 Å². The van der Waals surface area contributed by atoms with Crippen LogP contribution in [0.15, 0.2) is 24.3 Å². The molecule has 0 spiro atoms. The first-order chi connectivity index (χ1) is 9.29. The second-order valence-corrected chi connectivity index (χ2v) is 5.65. The van der Waals surface area contributed by atoms with E-state index in [2.05, 4.69) is 25.1 Å². The highest BCUT2D eigenvalue weighted by Gasteiger charge is 2.30. The van der Waals surface area contributed by atoms with Gasteiger partial charge in [0.15, 0.2) is 0 Å². The Kier molecular flexibility index (Phi) is 3.45. The van der Waals surface area contributed by atoms with E-state index in [9.17, 15) is 4.79 Å². The molecule has 0 bridgehead atoms. The number of anilines is 1. The van der Waals surface area contributed by atoms with Crippen LogP contribution < -0.4 is 4.90 Å². The quantitative estimate of drug-likeness (QED) is 0.758. The minimum Gasteiger partial charge on any atom is -0.324 e. The fourth-order valence-electron chi connectivity index (χ4n) is 3.24. The van der Waals surface area contributed by atoms with E-state index < -0.39 is 0 Å². The van der Waals surface area contributed by atoms with E-state index in [0.717, 1.165) is 50.5 Å². The summed E-state index contributed by atoms with van der Waals surface area (Å²) in [6, 6.07) is 8.48. The van der Waals surface area contributed by atoms with Gasteiger partial charge >= 0.3 is 6.03 Å². The van der Waals surface area contributed by atoms with E-state index in [1.165, 1.54) is 12.0 Å². The topological polar surface area (TPSA) is 23.6 Å². The SMILES string of the molecule is CCC1CCN(C(=O)N2CCc3ccccc32)CC1. The van der Waals surface area contributed by atoms with Crippen molar-refractivity contribution in [3.05, 3.63) is 29.8 Å².